The lowest BCUT2D eigenvalue weighted by molar-refractivity contribution is -0.116. The molecule has 0 aromatic carbocycles. The van der Waals surface area contributed by atoms with E-state index >= 15 is 0 Å². The summed E-state index contributed by atoms with van der Waals surface area (Å²) in [5, 5.41) is 2.86. The molecular formula is C19H27NO. The van der Waals surface area contributed by atoms with E-state index in [1.54, 1.807) is 6.08 Å². The van der Waals surface area contributed by atoms with Crippen LogP contribution in [0.25, 0.3) is 0 Å². The number of terminal acetylenes is 1. The summed E-state index contributed by atoms with van der Waals surface area (Å²) >= 11 is 0. The van der Waals surface area contributed by atoms with Gasteiger partial charge in [0.2, 0.25) is 5.91 Å². The van der Waals surface area contributed by atoms with Crippen molar-refractivity contribution in [2.24, 2.45) is 5.92 Å². The largest absolute Gasteiger partial charge is 0.352 e. The van der Waals surface area contributed by atoms with Crippen molar-refractivity contribution in [2.45, 2.75) is 52.4 Å². The predicted molar refractivity (Wildman–Crippen MR) is 90.4 cm³/mol. The Bertz CT molecular complexity index is 427. The van der Waals surface area contributed by atoms with Crippen LogP contribution < -0.4 is 5.32 Å². The molecule has 0 aliphatic rings. The van der Waals surface area contributed by atoms with Crippen LogP contribution in [0.2, 0.25) is 0 Å². The van der Waals surface area contributed by atoms with Gasteiger partial charge in [0.1, 0.15) is 0 Å². The highest BCUT2D eigenvalue weighted by Crippen LogP contribution is 2.04. The molecule has 0 bridgehead atoms. The average molecular weight is 285 g/mol. The lowest BCUT2D eigenvalue weighted by Crippen LogP contribution is -2.25. The smallest absolute Gasteiger partial charge is 0.243 e. The summed E-state index contributed by atoms with van der Waals surface area (Å²) in [4.78, 5) is 11.4. The summed E-state index contributed by atoms with van der Waals surface area (Å²) in [6.07, 6.45) is 19.1. The van der Waals surface area contributed by atoms with E-state index in [2.05, 4.69) is 49.1 Å². The van der Waals surface area contributed by atoms with Crippen molar-refractivity contribution in [2.75, 3.05) is 6.54 Å². The van der Waals surface area contributed by atoms with Crippen LogP contribution in [-0.4, -0.2) is 12.5 Å². The normalized spacial score (nSPS) is 10.6. The zero-order valence-electron chi connectivity index (χ0n) is 13.3. The van der Waals surface area contributed by atoms with Gasteiger partial charge in [-0.1, -0.05) is 44.4 Å². The first-order chi connectivity index (χ1) is 10.2. The summed E-state index contributed by atoms with van der Waals surface area (Å²) < 4.78 is 0. The van der Waals surface area contributed by atoms with Gasteiger partial charge >= 0.3 is 0 Å². The fourth-order valence-electron chi connectivity index (χ4n) is 1.62. The van der Waals surface area contributed by atoms with Crippen LogP contribution >= 0.6 is 0 Å². The minimum atomic E-state index is 0.0136. The maximum atomic E-state index is 11.4. The van der Waals surface area contributed by atoms with Gasteiger partial charge in [0.05, 0.1) is 0 Å². The van der Waals surface area contributed by atoms with Crippen molar-refractivity contribution in [3.05, 3.63) is 24.3 Å². The number of allylic oxidation sites excluding steroid dienone is 3. The third-order valence-electron chi connectivity index (χ3n) is 2.74. The molecule has 0 unspecified atom stereocenters. The lowest BCUT2D eigenvalue weighted by Gasteiger charge is -2.04. The second-order valence-electron chi connectivity index (χ2n) is 5.30. The maximum absolute atomic E-state index is 11.4. The monoisotopic (exact) mass is 285 g/mol. The van der Waals surface area contributed by atoms with Crippen molar-refractivity contribution in [3.8, 4) is 24.2 Å². The van der Waals surface area contributed by atoms with Gasteiger partial charge in [0.25, 0.3) is 0 Å². The molecule has 2 heteroatoms. The van der Waals surface area contributed by atoms with Crippen LogP contribution in [0, 0.1) is 30.1 Å². The molecule has 0 saturated carbocycles. The molecule has 0 aliphatic heterocycles. The quantitative estimate of drug-likeness (QED) is 0.281. The summed E-state index contributed by atoms with van der Waals surface area (Å²) in [6, 6.07) is 0. The lowest BCUT2D eigenvalue weighted by atomic mass is 10.1. The van der Waals surface area contributed by atoms with Crippen molar-refractivity contribution in [3.63, 3.8) is 0 Å². The molecule has 0 aliphatic carbocycles. The fraction of sp³-hybridized carbons (Fsp3) is 0.526. The van der Waals surface area contributed by atoms with E-state index in [0.717, 1.165) is 32.2 Å². The first-order valence-corrected chi connectivity index (χ1v) is 7.69. The molecule has 0 spiro atoms. The number of amides is 1. The van der Waals surface area contributed by atoms with E-state index in [1.165, 1.54) is 12.8 Å². The van der Waals surface area contributed by atoms with E-state index in [1.807, 2.05) is 6.08 Å². The number of rotatable bonds is 10. The molecule has 114 valence electrons. The van der Waals surface area contributed by atoms with Crippen LogP contribution in [0.3, 0.4) is 0 Å². The molecule has 0 aromatic heterocycles. The van der Waals surface area contributed by atoms with Crippen LogP contribution in [0.15, 0.2) is 24.3 Å². The topological polar surface area (TPSA) is 29.1 Å². The standard InChI is InChI=1S/C19H27NO/c1-4-5-6-7-8-9-10-11-12-13-14-15-16-19(21)20-17-18(2)3/h1,8-9,15-16,18H,7,10-14,17H2,2-3H3,(H,20,21)/b9-8-,16-15+. The van der Waals surface area contributed by atoms with Gasteiger partial charge in [-0.15, -0.1) is 6.42 Å². The summed E-state index contributed by atoms with van der Waals surface area (Å²) in [7, 11) is 0. The van der Waals surface area contributed by atoms with E-state index in [4.69, 9.17) is 6.42 Å². The van der Waals surface area contributed by atoms with E-state index < -0.39 is 0 Å². The molecule has 0 heterocycles. The van der Waals surface area contributed by atoms with Gasteiger partial charge < -0.3 is 5.32 Å². The van der Waals surface area contributed by atoms with Gasteiger partial charge in [-0.05, 0) is 49.5 Å². The number of carbonyl (C=O) groups excluding carboxylic acids is 1. The predicted octanol–water partition coefficient (Wildman–Crippen LogP) is 3.85. The maximum Gasteiger partial charge on any atom is 0.243 e. The summed E-state index contributed by atoms with van der Waals surface area (Å²) in [5.41, 5.74) is 0. The number of nitrogens with one attached hydrogen (secondary N) is 1. The van der Waals surface area contributed by atoms with E-state index in [-0.39, 0.29) is 5.91 Å². The van der Waals surface area contributed by atoms with Crippen LogP contribution in [0.4, 0.5) is 0 Å². The number of unbranched alkanes of at least 4 members (excludes halogenated alkanes) is 4. The number of hydrogen-bond acceptors (Lipinski definition) is 1. The molecule has 0 radical (unpaired) electrons. The molecule has 0 rings (SSSR count). The van der Waals surface area contributed by atoms with Gasteiger partial charge in [0, 0.05) is 13.0 Å². The number of hydrogen-bond donors (Lipinski definition) is 1. The Balaban J connectivity index is 3.43. The van der Waals surface area contributed by atoms with Crippen molar-refractivity contribution >= 4 is 5.91 Å². The van der Waals surface area contributed by atoms with Crippen LogP contribution in [-0.2, 0) is 4.79 Å². The van der Waals surface area contributed by atoms with Crippen LogP contribution in [0.5, 0.6) is 0 Å². The first kappa shape index (κ1) is 19.1. The average Bonchev–Trinajstić information content (AvgIpc) is 2.46. The molecule has 21 heavy (non-hydrogen) atoms. The first-order valence-electron chi connectivity index (χ1n) is 7.69. The molecule has 0 atom stereocenters. The Kier molecular flexibility index (Phi) is 13.1. The third kappa shape index (κ3) is 16.0. The minimum Gasteiger partial charge on any atom is -0.352 e. The van der Waals surface area contributed by atoms with Gasteiger partial charge in [-0.25, -0.2) is 0 Å². The highest BCUT2D eigenvalue weighted by Gasteiger charge is 1.96. The summed E-state index contributed by atoms with van der Waals surface area (Å²) in [5.74, 6) is 8.24. The molecular weight excluding hydrogens is 258 g/mol. The minimum absolute atomic E-state index is 0.0136. The molecule has 0 saturated heterocycles. The fourth-order valence-corrected chi connectivity index (χ4v) is 1.62. The SMILES string of the molecule is C#CC#CC/C=C\CCCCC/C=C/C(=O)NCC(C)C. The van der Waals surface area contributed by atoms with Crippen molar-refractivity contribution in [1.82, 2.24) is 5.32 Å². The molecule has 1 N–H and O–H groups in total. The zero-order chi connectivity index (χ0) is 15.8. The summed E-state index contributed by atoms with van der Waals surface area (Å²) in [6.45, 7) is 4.90. The second kappa shape index (κ2) is 14.5. The van der Waals surface area contributed by atoms with Crippen LogP contribution in [0.1, 0.15) is 52.4 Å². The van der Waals surface area contributed by atoms with E-state index in [0.29, 0.717) is 5.92 Å². The van der Waals surface area contributed by atoms with Crippen molar-refractivity contribution in [1.29, 1.82) is 0 Å². The Labute approximate surface area is 130 Å². The molecule has 0 aromatic rings. The molecule has 0 fully saturated rings. The van der Waals surface area contributed by atoms with Gasteiger partial charge in [-0.2, -0.15) is 0 Å². The molecule has 2 nitrogen and oxygen atoms in total. The molecule has 1 amide bonds. The van der Waals surface area contributed by atoms with Crippen molar-refractivity contribution < 1.29 is 4.79 Å². The Morgan fingerprint density at radius 3 is 2.52 bits per heavy atom. The highest BCUT2D eigenvalue weighted by molar-refractivity contribution is 5.87. The zero-order valence-corrected chi connectivity index (χ0v) is 13.3. The van der Waals surface area contributed by atoms with Gasteiger partial charge in [-0.3, -0.25) is 4.79 Å². The van der Waals surface area contributed by atoms with E-state index in [9.17, 15) is 4.79 Å². The Morgan fingerprint density at radius 2 is 1.86 bits per heavy atom. The number of carbonyl (C=O) groups is 1. The Hall–Kier alpha value is -1.93. The highest BCUT2D eigenvalue weighted by atomic mass is 16.1. The van der Waals surface area contributed by atoms with Gasteiger partial charge in [0.15, 0.2) is 0 Å². The Morgan fingerprint density at radius 1 is 1.14 bits per heavy atom. The second-order valence-corrected chi connectivity index (χ2v) is 5.30. The third-order valence-corrected chi connectivity index (χ3v) is 2.74.